The summed E-state index contributed by atoms with van der Waals surface area (Å²) in [6.07, 6.45) is 1.97. The van der Waals surface area contributed by atoms with Gasteiger partial charge >= 0.3 is 0 Å². The number of carbonyl (C=O) groups excluding carboxylic acids is 1. The normalized spacial score (nSPS) is 10.8. The molecule has 94 valence electrons. The second-order valence-electron chi connectivity index (χ2n) is 3.66. The molecule has 0 radical (unpaired) electrons. The lowest BCUT2D eigenvalue weighted by molar-refractivity contribution is 0.112. The van der Waals surface area contributed by atoms with Crippen molar-refractivity contribution >= 4 is 40.7 Å². The molecule has 0 aliphatic carbocycles. The highest BCUT2D eigenvalue weighted by molar-refractivity contribution is 7.99. The lowest BCUT2D eigenvalue weighted by Crippen LogP contribution is -1.94. The van der Waals surface area contributed by atoms with Crippen LogP contribution in [0.4, 0.5) is 0 Å². The third kappa shape index (κ3) is 2.32. The third-order valence-electron chi connectivity index (χ3n) is 2.48. The minimum Gasteiger partial charge on any atom is -0.333 e. The van der Waals surface area contributed by atoms with E-state index in [-0.39, 0.29) is 10.7 Å². The summed E-state index contributed by atoms with van der Waals surface area (Å²) in [6, 6.07) is 7.67. The first-order valence-electron chi connectivity index (χ1n) is 5.36. The fourth-order valence-electron chi connectivity index (χ4n) is 1.61. The summed E-state index contributed by atoms with van der Waals surface area (Å²) in [7, 11) is 0. The van der Waals surface area contributed by atoms with Crippen LogP contribution in [0.15, 0.2) is 40.8 Å². The average molecular weight is 291 g/mol. The third-order valence-corrected chi connectivity index (χ3v) is 3.68. The Balaban J connectivity index is 2.01. The molecule has 3 rings (SSSR count). The average Bonchev–Trinajstić information content (AvgIpc) is 2.81. The van der Waals surface area contributed by atoms with Gasteiger partial charge in [0.2, 0.25) is 0 Å². The smallest absolute Gasteiger partial charge is 0.172 e. The number of nitrogens with one attached hydrogen (secondary N) is 1. The molecule has 1 N–H and O–H groups in total. The van der Waals surface area contributed by atoms with Crippen molar-refractivity contribution in [3.8, 4) is 0 Å². The number of carbonyl (C=O) groups is 1. The molecule has 2 heterocycles. The maximum atomic E-state index is 11.0. The van der Waals surface area contributed by atoms with Crippen LogP contribution in [0.5, 0.6) is 0 Å². The van der Waals surface area contributed by atoms with E-state index < -0.39 is 0 Å². The van der Waals surface area contributed by atoms with Crippen molar-refractivity contribution in [2.45, 2.75) is 10.2 Å². The summed E-state index contributed by atoms with van der Waals surface area (Å²) < 4.78 is 0. The zero-order valence-corrected chi connectivity index (χ0v) is 11.1. The first kappa shape index (κ1) is 12.1. The molecule has 0 fully saturated rings. The van der Waals surface area contributed by atoms with Gasteiger partial charge in [0.05, 0.1) is 16.6 Å². The molecule has 0 bridgehead atoms. The van der Waals surface area contributed by atoms with Gasteiger partial charge in [-0.05, 0) is 23.9 Å². The molecule has 0 aliphatic heterocycles. The quantitative estimate of drug-likeness (QED) is 0.593. The fourth-order valence-corrected chi connectivity index (χ4v) is 2.69. The number of fused-ring (bicyclic) bond motifs is 1. The number of aromatic amines is 1. The molecule has 0 saturated heterocycles. The summed E-state index contributed by atoms with van der Waals surface area (Å²) in [5.41, 5.74) is 2.06. The van der Waals surface area contributed by atoms with Gasteiger partial charge in [-0.3, -0.25) is 4.79 Å². The number of hydrogen-bond donors (Lipinski definition) is 1. The number of rotatable bonds is 3. The van der Waals surface area contributed by atoms with E-state index in [0.29, 0.717) is 16.5 Å². The van der Waals surface area contributed by atoms with Crippen LogP contribution in [0.25, 0.3) is 11.0 Å². The van der Waals surface area contributed by atoms with Crippen molar-refractivity contribution in [3.05, 3.63) is 41.3 Å². The van der Waals surface area contributed by atoms with Crippen LogP contribution in [0.2, 0.25) is 5.15 Å². The lowest BCUT2D eigenvalue weighted by Gasteiger charge is -2.01. The van der Waals surface area contributed by atoms with Crippen molar-refractivity contribution in [2.24, 2.45) is 0 Å². The summed E-state index contributed by atoms with van der Waals surface area (Å²) >= 11 is 7.09. The van der Waals surface area contributed by atoms with E-state index in [1.165, 1.54) is 18.1 Å². The highest BCUT2D eigenvalue weighted by Gasteiger charge is 2.12. The van der Waals surface area contributed by atoms with Crippen molar-refractivity contribution in [3.63, 3.8) is 0 Å². The number of para-hydroxylation sites is 2. The van der Waals surface area contributed by atoms with E-state index in [1.54, 1.807) is 0 Å². The number of halogens is 1. The van der Waals surface area contributed by atoms with Crippen LogP contribution >= 0.6 is 23.4 Å². The minimum absolute atomic E-state index is 0.142. The summed E-state index contributed by atoms with van der Waals surface area (Å²) in [4.78, 5) is 26.4. The van der Waals surface area contributed by atoms with Gasteiger partial charge in [0.1, 0.15) is 16.5 Å². The molecule has 0 unspecified atom stereocenters. The maximum Gasteiger partial charge on any atom is 0.172 e. The van der Waals surface area contributed by atoms with Crippen molar-refractivity contribution < 1.29 is 4.79 Å². The molecule has 0 aliphatic rings. The zero-order valence-electron chi connectivity index (χ0n) is 9.50. The standard InChI is InChI=1S/C12H7ClN4OS/c13-10-7(5-18)11(15-6-14-10)19-12-16-8-3-1-2-4-9(8)17-12/h1-6H,(H,16,17). The molecule has 3 aromatic rings. The molecule has 0 spiro atoms. The summed E-state index contributed by atoms with van der Waals surface area (Å²) in [6.45, 7) is 0. The van der Waals surface area contributed by atoms with Crippen LogP contribution in [-0.4, -0.2) is 26.2 Å². The van der Waals surface area contributed by atoms with Gasteiger partial charge < -0.3 is 4.98 Å². The van der Waals surface area contributed by atoms with Gasteiger partial charge in [-0.15, -0.1) is 0 Å². The van der Waals surface area contributed by atoms with E-state index in [9.17, 15) is 4.79 Å². The van der Waals surface area contributed by atoms with E-state index in [1.807, 2.05) is 24.3 Å². The van der Waals surface area contributed by atoms with Crippen molar-refractivity contribution in [1.82, 2.24) is 19.9 Å². The van der Waals surface area contributed by atoms with Gasteiger partial charge in [-0.2, -0.15) is 0 Å². The van der Waals surface area contributed by atoms with Gasteiger partial charge in [0.25, 0.3) is 0 Å². The van der Waals surface area contributed by atoms with E-state index in [0.717, 1.165) is 11.0 Å². The molecular formula is C12H7ClN4OS. The van der Waals surface area contributed by atoms with Crippen LogP contribution in [0.1, 0.15) is 10.4 Å². The molecule has 7 heteroatoms. The number of imidazole rings is 1. The Morgan fingerprint density at radius 2 is 2.11 bits per heavy atom. The first-order chi connectivity index (χ1) is 9.28. The Bertz CT molecular complexity index is 725. The molecule has 1 aromatic carbocycles. The van der Waals surface area contributed by atoms with E-state index in [2.05, 4.69) is 19.9 Å². The van der Waals surface area contributed by atoms with Gasteiger partial charge in [0.15, 0.2) is 11.4 Å². The van der Waals surface area contributed by atoms with E-state index in [4.69, 9.17) is 11.6 Å². The number of H-pyrrole nitrogens is 1. The Morgan fingerprint density at radius 3 is 2.89 bits per heavy atom. The molecule has 19 heavy (non-hydrogen) atoms. The van der Waals surface area contributed by atoms with E-state index >= 15 is 0 Å². The van der Waals surface area contributed by atoms with Crippen LogP contribution in [0.3, 0.4) is 0 Å². The molecule has 0 atom stereocenters. The minimum atomic E-state index is 0.142. The number of aldehydes is 1. The maximum absolute atomic E-state index is 11.0. The largest absolute Gasteiger partial charge is 0.333 e. The van der Waals surface area contributed by atoms with Crippen LogP contribution in [-0.2, 0) is 0 Å². The highest BCUT2D eigenvalue weighted by Crippen LogP contribution is 2.29. The number of hydrogen-bond acceptors (Lipinski definition) is 5. The monoisotopic (exact) mass is 290 g/mol. The van der Waals surface area contributed by atoms with Gasteiger partial charge in [-0.25, -0.2) is 15.0 Å². The molecular weight excluding hydrogens is 284 g/mol. The van der Waals surface area contributed by atoms with Crippen LogP contribution < -0.4 is 0 Å². The second kappa shape index (κ2) is 4.99. The molecule has 5 nitrogen and oxygen atoms in total. The highest BCUT2D eigenvalue weighted by atomic mass is 35.5. The lowest BCUT2D eigenvalue weighted by atomic mass is 10.3. The fraction of sp³-hybridized carbons (Fsp3) is 0. The van der Waals surface area contributed by atoms with Gasteiger partial charge in [0, 0.05) is 0 Å². The topological polar surface area (TPSA) is 71.5 Å². The number of aromatic nitrogens is 4. The van der Waals surface area contributed by atoms with Gasteiger partial charge in [-0.1, -0.05) is 23.7 Å². The summed E-state index contributed by atoms with van der Waals surface area (Å²) in [5, 5.41) is 1.27. The number of nitrogens with zero attached hydrogens (tertiary/aromatic N) is 3. The van der Waals surface area contributed by atoms with Crippen molar-refractivity contribution in [1.29, 1.82) is 0 Å². The Labute approximate surface area is 117 Å². The molecule has 0 amide bonds. The van der Waals surface area contributed by atoms with Crippen molar-refractivity contribution in [2.75, 3.05) is 0 Å². The molecule has 0 saturated carbocycles. The summed E-state index contributed by atoms with van der Waals surface area (Å²) in [5.74, 6) is 0. The predicted molar refractivity (Wildman–Crippen MR) is 72.6 cm³/mol. The first-order valence-corrected chi connectivity index (χ1v) is 6.55. The Hall–Kier alpha value is -1.92. The Morgan fingerprint density at radius 1 is 1.26 bits per heavy atom. The zero-order chi connectivity index (χ0) is 13.2. The second-order valence-corrected chi connectivity index (χ2v) is 5.00. The van der Waals surface area contributed by atoms with Crippen LogP contribution in [0, 0.1) is 0 Å². The number of benzene rings is 1. The SMILES string of the molecule is O=Cc1c(Cl)ncnc1Sc1nc2ccccc2[nH]1. The molecule has 2 aromatic heterocycles. The predicted octanol–water partition coefficient (Wildman–Crippen LogP) is 2.97. The Kier molecular flexibility index (Phi) is 3.18.